The van der Waals surface area contributed by atoms with Gasteiger partial charge in [0.05, 0.1) is 5.69 Å². The van der Waals surface area contributed by atoms with E-state index >= 15 is 0 Å². The van der Waals surface area contributed by atoms with Crippen LogP contribution < -0.4 is 0 Å². The van der Waals surface area contributed by atoms with Crippen LogP contribution in [0.1, 0.15) is 19.4 Å². The summed E-state index contributed by atoms with van der Waals surface area (Å²) < 4.78 is 0. The van der Waals surface area contributed by atoms with Gasteiger partial charge in [-0.3, -0.25) is 4.98 Å². The Morgan fingerprint density at radius 2 is 1.81 bits per heavy atom. The van der Waals surface area contributed by atoms with Crippen molar-refractivity contribution in [3.63, 3.8) is 0 Å². The summed E-state index contributed by atoms with van der Waals surface area (Å²) in [6, 6.07) is 14.6. The van der Waals surface area contributed by atoms with Crippen molar-refractivity contribution in [1.29, 1.82) is 0 Å². The van der Waals surface area contributed by atoms with Gasteiger partial charge in [0.15, 0.2) is 0 Å². The van der Waals surface area contributed by atoms with E-state index in [0.29, 0.717) is 5.92 Å². The monoisotopic (exact) mass is 211 g/mol. The van der Waals surface area contributed by atoms with Gasteiger partial charge in [-0.2, -0.15) is 0 Å². The Hall–Kier alpha value is -1.63. The lowest BCUT2D eigenvalue weighted by Gasteiger charge is -2.06. The summed E-state index contributed by atoms with van der Waals surface area (Å²) in [5, 5.41) is 0. The van der Waals surface area contributed by atoms with E-state index in [1.165, 1.54) is 11.1 Å². The predicted octanol–water partition coefficient (Wildman–Crippen LogP) is 3.95. The quantitative estimate of drug-likeness (QED) is 0.749. The molecule has 0 fully saturated rings. The van der Waals surface area contributed by atoms with E-state index in [-0.39, 0.29) is 0 Å². The minimum absolute atomic E-state index is 0.686. The highest BCUT2D eigenvalue weighted by Crippen LogP contribution is 2.18. The zero-order valence-corrected chi connectivity index (χ0v) is 9.85. The highest BCUT2D eigenvalue weighted by atomic mass is 14.7. The van der Waals surface area contributed by atoms with Crippen molar-refractivity contribution in [3.05, 3.63) is 54.2 Å². The Kier molecular flexibility index (Phi) is 3.35. The minimum Gasteiger partial charge on any atom is -0.256 e. The van der Waals surface area contributed by atoms with Gasteiger partial charge >= 0.3 is 0 Å². The van der Waals surface area contributed by atoms with Crippen LogP contribution in [0.5, 0.6) is 0 Å². The van der Waals surface area contributed by atoms with Crippen LogP contribution in [0.2, 0.25) is 0 Å². The maximum atomic E-state index is 4.42. The molecule has 1 heterocycles. The molecule has 2 rings (SSSR count). The molecular formula is C15H17N. The Bertz CT molecular complexity index is 446. The molecule has 0 bridgehead atoms. The lowest BCUT2D eigenvalue weighted by atomic mass is 10.0. The molecule has 0 atom stereocenters. The number of nitrogens with zero attached hydrogens (tertiary/aromatic N) is 1. The molecule has 82 valence electrons. The largest absolute Gasteiger partial charge is 0.256 e. The molecular weight excluding hydrogens is 194 g/mol. The number of hydrogen-bond acceptors (Lipinski definition) is 1. The molecule has 16 heavy (non-hydrogen) atoms. The third-order valence-corrected chi connectivity index (χ3v) is 2.54. The molecule has 0 aliphatic heterocycles. The Labute approximate surface area is 97.2 Å². The molecule has 1 heteroatoms. The highest BCUT2D eigenvalue weighted by Gasteiger charge is 2.01. The molecule has 0 saturated carbocycles. The van der Waals surface area contributed by atoms with Crippen molar-refractivity contribution in [3.8, 4) is 11.3 Å². The minimum atomic E-state index is 0.686. The first-order valence-corrected chi connectivity index (χ1v) is 5.76. The zero-order valence-electron chi connectivity index (χ0n) is 9.85. The molecule has 0 unspecified atom stereocenters. The molecule has 0 N–H and O–H groups in total. The molecule has 0 radical (unpaired) electrons. The van der Waals surface area contributed by atoms with Crippen molar-refractivity contribution in [2.75, 3.05) is 0 Å². The Balaban J connectivity index is 2.29. The maximum absolute atomic E-state index is 4.42. The third kappa shape index (κ3) is 2.69. The third-order valence-electron chi connectivity index (χ3n) is 2.54. The van der Waals surface area contributed by atoms with Crippen molar-refractivity contribution in [1.82, 2.24) is 4.98 Å². The van der Waals surface area contributed by atoms with E-state index in [4.69, 9.17) is 0 Å². The average molecular weight is 211 g/mol. The second-order valence-corrected chi connectivity index (χ2v) is 4.51. The van der Waals surface area contributed by atoms with Gasteiger partial charge in [-0.1, -0.05) is 44.2 Å². The summed E-state index contributed by atoms with van der Waals surface area (Å²) in [6.07, 6.45) is 3.02. The fourth-order valence-corrected chi connectivity index (χ4v) is 1.84. The zero-order chi connectivity index (χ0) is 11.4. The summed E-state index contributed by atoms with van der Waals surface area (Å²) in [6.45, 7) is 4.48. The van der Waals surface area contributed by atoms with Crippen molar-refractivity contribution < 1.29 is 0 Å². The van der Waals surface area contributed by atoms with Crippen LogP contribution in [-0.2, 0) is 6.42 Å². The van der Waals surface area contributed by atoms with Crippen LogP contribution in [0.25, 0.3) is 11.3 Å². The van der Waals surface area contributed by atoms with Crippen LogP contribution >= 0.6 is 0 Å². The lowest BCUT2D eigenvalue weighted by Crippen LogP contribution is -1.95. The van der Waals surface area contributed by atoms with Crippen LogP contribution in [0.15, 0.2) is 48.7 Å². The van der Waals surface area contributed by atoms with Crippen molar-refractivity contribution >= 4 is 0 Å². The molecule has 1 aromatic carbocycles. The second-order valence-electron chi connectivity index (χ2n) is 4.51. The summed E-state index contributed by atoms with van der Waals surface area (Å²) in [5.74, 6) is 0.686. The summed E-state index contributed by atoms with van der Waals surface area (Å²) in [5.41, 5.74) is 3.62. The summed E-state index contributed by atoms with van der Waals surface area (Å²) in [7, 11) is 0. The fraction of sp³-hybridized carbons (Fsp3) is 0.267. The van der Waals surface area contributed by atoms with E-state index < -0.39 is 0 Å². The number of hydrogen-bond donors (Lipinski definition) is 0. The average Bonchev–Trinajstić information content (AvgIpc) is 2.30. The fourth-order valence-electron chi connectivity index (χ4n) is 1.84. The van der Waals surface area contributed by atoms with E-state index in [9.17, 15) is 0 Å². The topological polar surface area (TPSA) is 12.9 Å². The first-order chi connectivity index (χ1) is 7.75. The van der Waals surface area contributed by atoms with E-state index in [1.54, 1.807) is 0 Å². The van der Waals surface area contributed by atoms with E-state index in [1.807, 2.05) is 24.4 Å². The lowest BCUT2D eigenvalue weighted by molar-refractivity contribution is 0.647. The van der Waals surface area contributed by atoms with Gasteiger partial charge in [0.2, 0.25) is 0 Å². The molecule has 0 amide bonds. The number of benzene rings is 1. The first-order valence-electron chi connectivity index (χ1n) is 5.76. The predicted molar refractivity (Wildman–Crippen MR) is 68.2 cm³/mol. The SMILES string of the molecule is CC(C)Cc1ccnc(-c2ccccc2)c1. The molecule has 1 aromatic heterocycles. The van der Waals surface area contributed by atoms with Gasteiger partial charge in [0.25, 0.3) is 0 Å². The van der Waals surface area contributed by atoms with Crippen LogP contribution in [-0.4, -0.2) is 4.98 Å². The van der Waals surface area contributed by atoms with Crippen LogP contribution in [0.3, 0.4) is 0 Å². The van der Waals surface area contributed by atoms with E-state index in [0.717, 1.165) is 12.1 Å². The van der Waals surface area contributed by atoms with Gasteiger partial charge in [0, 0.05) is 11.8 Å². The molecule has 0 aliphatic carbocycles. The van der Waals surface area contributed by atoms with Crippen molar-refractivity contribution in [2.24, 2.45) is 5.92 Å². The molecule has 1 nitrogen and oxygen atoms in total. The maximum Gasteiger partial charge on any atom is 0.0704 e. The molecule has 0 saturated heterocycles. The van der Waals surface area contributed by atoms with Gasteiger partial charge in [0.1, 0.15) is 0 Å². The molecule has 0 spiro atoms. The Morgan fingerprint density at radius 3 is 2.50 bits per heavy atom. The van der Waals surface area contributed by atoms with Gasteiger partial charge in [-0.15, -0.1) is 0 Å². The number of rotatable bonds is 3. The molecule has 2 aromatic rings. The van der Waals surface area contributed by atoms with Crippen LogP contribution in [0, 0.1) is 5.92 Å². The van der Waals surface area contributed by atoms with Gasteiger partial charge in [-0.25, -0.2) is 0 Å². The van der Waals surface area contributed by atoms with Gasteiger partial charge in [-0.05, 0) is 30.0 Å². The van der Waals surface area contributed by atoms with Crippen LogP contribution in [0.4, 0.5) is 0 Å². The number of pyridine rings is 1. The normalized spacial score (nSPS) is 10.7. The van der Waals surface area contributed by atoms with E-state index in [2.05, 4.69) is 43.1 Å². The van der Waals surface area contributed by atoms with Crippen molar-refractivity contribution in [2.45, 2.75) is 20.3 Å². The highest BCUT2D eigenvalue weighted by molar-refractivity contribution is 5.59. The Morgan fingerprint density at radius 1 is 1.06 bits per heavy atom. The summed E-state index contributed by atoms with van der Waals surface area (Å²) in [4.78, 5) is 4.42. The number of aromatic nitrogens is 1. The smallest absolute Gasteiger partial charge is 0.0704 e. The summed E-state index contributed by atoms with van der Waals surface area (Å²) >= 11 is 0. The molecule has 0 aliphatic rings. The first kappa shape index (κ1) is 10.9. The second kappa shape index (κ2) is 4.93. The standard InChI is InChI=1S/C15H17N/c1-12(2)10-13-8-9-16-15(11-13)14-6-4-3-5-7-14/h3-9,11-12H,10H2,1-2H3. The van der Waals surface area contributed by atoms with Gasteiger partial charge < -0.3 is 0 Å².